The van der Waals surface area contributed by atoms with E-state index in [9.17, 15) is 5.11 Å². The van der Waals surface area contributed by atoms with E-state index in [0.29, 0.717) is 11.8 Å². The standard InChI is InChI=1S/C26H38N2O/c1-19-12-20(2)14-23(13-19)17-28(11-9-25-8-6-7-10-27(25)5)18-24-15-21(3)26(29)22(4)16-24/h12-16,25,29H,6-11,17-18H2,1-5H3. The van der Waals surface area contributed by atoms with E-state index in [2.05, 4.69) is 61.0 Å². The maximum atomic E-state index is 10.1. The number of rotatable bonds is 7. The van der Waals surface area contributed by atoms with Crippen molar-refractivity contribution in [2.24, 2.45) is 0 Å². The Bertz CT molecular complexity index is 786. The molecular weight excluding hydrogens is 356 g/mol. The van der Waals surface area contributed by atoms with E-state index >= 15 is 0 Å². The minimum absolute atomic E-state index is 0.429. The molecule has 158 valence electrons. The van der Waals surface area contributed by atoms with Crippen molar-refractivity contribution >= 4 is 0 Å². The predicted molar refractivity (Wildman–Crippen MR) is 122 cm³/mol. The van der Waals surface area contributed by atoms with Gasteiger partial charge < -0.3 is 10.0 Å². The van der Waals surface area contributed by atoms with Crippen LogP contribution >= 0.6 is 0 Å². The maximum Gasteiger partial charge on any atom is 0.121 e. The second-order valence-electron chi connectivity index (χ2n) is 9.20. The van der Waals surface area contributed by atoms with E-state index in [0.717, 1.165) is 30.8 Å². The first-order valence-corrected chi connectivity index (χ1v) is 11.1. The summed E-state index contributed by atoms with van der Waals surface area (Å²) in [6.07, 6.45) is 5.25. The number of hydrogen-bond acceptors (Lipinski definition) is 3. The Morgan fingerprint density at radius 1 is 0.897 bits per heavy atom. The summed E-state index contributed by atoms with van der Waals surface area (Å²) in [6.45, 7) is 12.6. The molecule has 0 amide bonds. The topological polar surface area (TPSA) is 26.7 Å². The number of hydrogen-bond donors (Lipinski definition) is 1. The van der Waals surface area contributed by atoms with Crippen LogP contribution in [0.15, 0.2) is 30.3 Å². The molecule has 1 atom stereocenters. The first-order chi connectivity index (χ1) is 13.8. The van der Waals surface area contributed by atoms with Crippen LogP contribution in [0.5, 0.6) is 5.75 Å². The van der Waals surface area contributed by atoms with Gasteiger partial charge in [0.25, 0.3) is 0 Å². The van der Waals surface area contributed by atoms with Gasteiger partial charge in [0.1, 0.15) is 5.75 Å². The molecule has 0 bridgehead atoms. The molecule has 0 aliphatic carbocycles. The number of phenols is 1. The van der Waals surface area contributed by atoms with Crippen molar-refractivity contribution in [2.45, 2.75) is 72.5 Å². The highest BCUT2D eigenvalue weighted by molar-refractivity contribution is 5.42. The van der Waals surface area contributed by atoms with Gasteiger partial charge in [-0.2, -0.15) is 0 Å². The van der Waals surface area contributed by atoms with Crippen LogP contribution in [-0.2, 0) is 13.1 Å². The molecule has 1 fully saturated rings. The highest BCUT2D eigenvalue weighted by atomic mass is 16.3. The lowest BCUT2D eigenvalue weighted by atomic mass is 9.99. The number of phenolic OH excluding ortho intramolecular Hbond substituents is 1. The van der Waals surface area contributed by atoms with Gasteiger partial charge in [-0.05, 0) is 82.8 Å². The zero-order chi connectivity index (χ0) is 21.0. The van der Waals surface area contributed by atoms with Gasteiger partial charge in [-0.25, -0.2) is 0 Å². The molecule has 1 saturated heterocycles. The Kier molecular flexibility index (Phi) is 7.37. The number of aromatic hydroxyl groups is 1. The number of piperidine rings is 1. The van der Waals surface area contributed by atoms with Crippen molar-refractivity contribution in [1.82, 2.24) is 9.80 Å². The Morgan fingerprint density at radius 2 is 1.48 bits per heavy atom. The Morgan fingerprint density at radius 3 is 2.07 bits per heavy atom. The monoisotopic (exact) mass is 394 g/mol. The van der Waals surface area contributed by atoms with Crippen molar-refractivity contribution in [2.75, 3.05) is 20.1 Å². The zero-order valence-corrected chi connectivity index (χ0v) is 19.0. The van der Waals surface area contributed by atoms with Crippen LogP contribution in [0.4, 0.5) is 0 Å². The van der Waals surface area contributed by atoms with Crippen LogP contribution in [0.25, 0.3) is 0 Å². The van der Waals surface area contributed by atoms with Gasteiger partial charge in [-0.3, -0.25) is 4.90 Å². The van der Waals surface area contributed by atoms with Crippen LogP contribution < -0.4 is 0 Å². The molecule has 2 aromatic carbocycles. The molecule has 2 aromatic rings. The van der Waals surface area contributed by atoms with E-state index in [1.807, 2.05) is 13.8 Å². The summed E-state index contributed by atoms with van der Waals surface area (Å²) < 4.78 is 0. The van der Waals surface area contributed by atoms with Crippen molar-refractivity contribution in [1.29, 1.82) is 0 Å². The lowest BCUT2D eigenvalue weighted by Crippen LogP contribution is -2.38. The molecule has 3 rings (SSSR count). The van der Waals surface area contributed by atoms with Gasteiger partial charge in [0.05, 0.1) is 0 Å². The second-order valence-corrected chi connectivity index (χ2v) is 9.20. The fourth-order valence-electron chi connectivity index (χ4n) is 4.87. The third kappa shape index (κ3) is 6.07. The van der Waals surface area contributed by atoms with Crippen LogP contribution in [0.2, 0.25) is 0 Å². The fourth-order valence-corrected chi connectivity index (χ4v) is 4.87. The van der Waals surface area contributed by atoms with Crippen molar-refractivity contribution in [3.8, 4) is 5.75 Å². The summed E-state index contributed by atoms with van der Waals surface area (Å²) >= 11 is 0. The molecule has 0 spiro atoms. The van der Waals surface area contributed by atoms with Gasteiger partial charge in [0.2, 0.25) is 0 Å². The molecular formula is C26H38N2O. The molecule has 0 aromatic heterocycles. The number of aryl methyl sites for hydroxylation is 4. The molecule has 0 radical (unpaired) electrons. The number of benzene rings is 2. The molecule has 1 aliphatic rings. The van der Waals surface area contributed by atoms with Crippen molar-refractivity contribution in [3.05, 3.63) is 63.7 Å². The molecule has 1 heterocycles. The largest absolute Gasteiger partial charge is 0.507 e. The molecule has 1 N–H and O–H groups in total. The summed E-state index contributed by atoms with van der Waals surface area (Å²) in [6, 6.07) is 11.9. The van der Waals surface area contributed by atoms with E-state index in [1.54, 1.807) is 0 Å². The SMILES string of the molecule is Cc1cc(C)cc(CN(CCC2CCCCN2C)Cc2cc(C)c(O)c(C)c2)c1. The maximum absolute atomic E-state index is 10.1. The van der Waals surface area contributed by atoms with Gasteiger partial charge in [-0.15, -0.1) is 0 Å². The van der Waals surface area contributed by atoms with Crippen LogP contribution in [-0.4, -0.2) is 41.1 Å². The Balaban J connectivity index is 1.76. The first-order valence-electron chi connectivity index (χ1n) is 11.1. The minimum atomic E-state index is 0.429. The van der Waals surface area contributed by atoms with Crippen molar-refractivity contribution < 1.29 is 5.11 Å². The summed E-state index contributed by atoms with van der Waals surface area (Å²) in [4.78, 5) is 5.13. The van der Waals surface area contributed by atoms with Gasteiger partial charge in [0.15, 0.2) is 0 Å². The number of likely N-dealkylation sites (tertiary alicyclic amines) is 1. The van der Waals surface area contributed by atoms with Crippen LogP contribution in [0.3, 0.4) is 0 Å². The average molecular weight is 395 g/mol. The van der Waals surface area contributed by atoms with Gasteiger partial charge in [-0.1, -0.05) is 47.9 Å². The van der Waals surface area contributed by atoms with E-state index in [-0.39, 0.29) is 0 Å². The molecule has 3 heteroatoms. The van der Waals surface area contributed by atoms with Crippen molar-refractivity contribution in [3.63, 3.8) is 0 Å². The summed E-state index contributed by atoms with van der Waals surface area (Å²) in [5, 5.41) is 10.1. The normalized spacial score (nSPS) is 17.8. The summed E-state index contributed by atoms with van der Waals surface area (Å²) in [5.41, 5.74) is 7.30. The minimum Gasteiger partial charge on any atom is -0.507 e. The third-order valence-corrected chi connectivity index (χ3v) is 6.34. The molecule has 1 aliphatic heterocycles. The first kappa shape index (κ1) is 21.9. The van der Waals surface area contributed by atoms with Crippen LogP contribution in [0.1, 0.15) is 59.1 Å². The fraction of sp³-hybridized carbons (Fsp3) is 0.538. The lowest BCUT2D eigenvalue weighted by molar-refractivity contribution is 0.149. The van der Waals surface area contributed by atoms with Gasteiger partial charge >= 0.3 is 0 Å². The van der Waals surface area contributed by atoms with Gasteiger partial charge in [0, 0.05) is 25.7 Å². The molecule has 1 unspecified atom stereocenters. The Hall–Kier alpha value is -1.84. The highest BCUT2D eigenvalue weighted by Gasteiger charge is 2.20. The van der Waals surface area contributed by atoms with Crippen LogP contribution in [0, 0.1) is 27.7 Å². The van der Waals surface area contributed by atoms with E-state index in [1.165, 1.54) is 54.5 Å². The quantitative estimate of drug-likeness (QED) is 0.671. The predicted octanol–water partition coefficient (Wildman–Crippen LogP) is 5.50. The number of nitrogens with zero attached hydrogens (tertiary/aromatic N) is 2. The average Bonchev–Trinajstić information content (AvgIpc) is 2.64. The van der Waals surface area contributed by atoms with E-state index < -0.39 is 0 Å². The second kappa shape index (κ2) is 9.77. The Labute approximate surface area is 177 Å². The molecule has 0 saturated carbocycles. The highest BCUT2D eigenvalue weighted by Crippen LogP contribution is 2.25. The molecule has 3 nitrogen and oxygen atoms in total. The zero-order valence-electron chi connectivity index (χ0n) is 19.0. The lowest BCUT2D eigenvalue weighted by Gasteiger charge is -2.34. The van der Waals surface area contributed by atoms with E-state index in [4.69, 9.17) is 0 Å². The smallest absolute Gasteiger partial charge is 0.121 e. The third-order valence-electron chi connectivity index (χ3n) is 6.34. The summed E-state index contributed by atoms with van der Waals surface area (Å²) in [5.74, 6) is 0.429. The molecule has 29 heavy (non-hydrogen) atoms. The summed E-state index contributed by atoms with van der Waals surface area (Å²) in [7, 11) is 2.28.